The van der Waals surface area contributed by atoms with Crippen molar-refractivity contribution in [1.29, 1.82) is 0 Å². The van der Waals surface area contributed by atoms with Crippen LogP contribution >= 0.6 is 0 Å². The minimum Gasteiger partial charge on any atom is -0.377 e. The Hall–Kier alpha value is -2.11. The number of carbonyl (C=O) groups is 1. The Kier molecular flexibility index (Phi) is 4.86. The van der Waals surface area contributed by atoms with Gasteiger partial charge >= 0.3 is 0 Å². The van der Waals surface area contributed by atoms with Crippen LogP contribution in [0.25, 0.3) is 0 Å². The zero-order valence-electron chi connectivity index (χ0n) is 11.6. The molecule has 0 aromatic heterocycles. The highest BCUT2D eigenvalue weighted by molar-refractivity contribution is 6.00. The standard InChI is InChI=1S/C13H19N3O3/c1-9(2)8-14-13(17)11-7-10(16(18)19)5-6-12(11)15(3)4/h5-7,9H,8H2,1-4H3,(H,14,17). The highest BCUT2D eigenvalue weighted by atomic mass is 16.6. The van der Waals surface area contributed by atoms with E-state index in [1.165, 1.54) is 12.1 Å². The molecular weight excluding hydrogens is 246 g/mol. The van der Waals surface area contributed by atoms with Crippen molar-refractivity contribution in [1.82, 2.24) is 5.32 Å². The zero-order valence-corrected chi connectivity index (χ0v) is 11.6. The molecule has 1 rings (SSSR count). The lowest BCUT2D eigenvalue weighted by Gasteiger charge is -2.17. The number of hydrogen-bond donors (Lipinski definition) is 1. The van der Waals surface area contributed by atoms with Gasteiger partial charge in [0.1, 0.15) is 0 Å². The second kappa shape index (κ2) is 6.17. The normalized spacial score (nSPS) is 10.4. The van der Waals surface area contributed by atoms with Gasteiger partial charge in [0.15, 0.2) is 0 Å². The molecule has 0 heterocycles. The molecule has 0 spiro atoms. The van der Waals surface area contributed by atoms with E-state index in [0.717, 1.165) is 0 Å². The molecule has 0 fully saturated rings. The summed E-state index contributed by atoms with van der Waals surface area (Å²) in [7, 11) is 3.58. The maximum atomic E-state index is 12.1. The number of anilines is 1. The van der Waals surface area contributed by atoms with E-state index in [-0.39, 0.29) is 11.6 Å². The molecule has 1 N–H and O–H groups in total. The number of nitro benzene ring substituents is 1. The minimum atomic E-state index is -0.501. The smallest absolute Gasteiger partial charge is 0.270 e. The first-order valence-electron chi connectivity index (χ1n) is 6.07. The van der Waals surface area contributed by atoms with Gasteiger partial charge in [0, 0.05) is 38.5 Å². The number of carbonyl (C=O) groups excluding carboxylic acids is 1. The fraction of sp³-hybridized carbons (Fsp3) is 0.462. The van der Waals surface area contributed by atoms with Crippen molar-refractivity contribution in [2.24, 2.45) is 5.92 Å². The Balaban J connectivity index is 3.10. The highest BCUT2D eigenvalue weighted by Gasteiger charge is 2.17. The van der Waals surface area contributed by atoms with Crippen LogP contribution in [0.15, 0.2) is 18.2 Å². The van der Waals surface area contributed by atoms with Crippen LogP contribution in [0.1, 0.15) is 24.2 Å². The summed E-state index contributed by atoms with van der Waals surface area (Å²) in [5, 5.41) is 13.6. The van der Waals surface area contributed by atoms with Gasteiger partial charge in [0.05, 0.1) is 10.5 Å². The lowest BCUT2D eigenvalue weighted by Crippen LogP contribution is -2.29. The number of benzene rings is 1. The van der Waals surface area contributed by atoms with E-state index in [4.69, 9.17) is 0 Å². The van der Waals surface area contributed by atoms with E-state index < -0.39 is 4.92 Å². The van der Waals surface area contributed by atoms with E-state index in [0.29, 0.717) is 23.7 Å². The predicted molar refractivity (Wildman–Crippen MR) is 74.6 cm³/mol. The van der Waals surface area contributed by atoms with Crippen molar-refractivity contribution < 1.29 is 9.72 Å². The van der Waals surface area contributed by atoms with Gasteiger partial charge in [-0.2, -0.15) is 0 Å². The Bertz CT molecular complexity index is 484. The maximum Gasteiger partial charge on any atom is 0.270 e. The van der Waals surface area contributed by atoms with E-state index in [1.807, 2.05) is 13.8 Å². The van der Waals surface area contributed by atoms with Crippen LogP contribution < -0.4 is 10.2 Å². The molecule has 0 aliphatic carbocycles. The molecule has 0 aliphatic rings. The molecule has 0 bridgehead atoms. The summed E-state index contributed by atoms with van der Waals surface area (Å²) in [5.74, 6) is 0.0338. The predicted octanol–water partition coefficient (Wildman–Crippen LogP) is 2.05. The SMILES string of the molecule is CC(C)CNC(=O)c1cc([N+](=O)[O-])ccc1N(C)C. The summed E-state index contributed by atoms with van der Waals surface area (Å²) < 4.78 is 0. The lowest BCUT2D eigenvalue weighted by atomic mass is 10.1. The molecule has 19 heavy (non-hydrogen) atoms. The number of nitrogens with one attached hydrogen (secondary N) is 1. The number of nitrogens with zero attached hydrogens (tertiary/aromatic N) is 2. The number of non-ortho nitro benzene ring substituents is 1. The maximum absolute atomic E-state index is 12.1. The minimum absolute atomic E-state index is 0.0831. The number of rotatable bonds is 5. The Labute approximate surface area is 112 Å². The first-order chi connectivity index (χ1) is 8.82. The average molecular weight is 265 g/mol. The molecule has 6 nitrogen and oxygen atoms in total. The largest absolute Gasteiger partial charge is 0.377 e. The van der Waals surface area contributed by atoms with E-state index in [2.05, 4.69) is 5.32 Å². The summed E-state index contributed by atoms with van der Waals surface area (Å²) in [6.07, 6.45) is 0. The van der Waals surface area contributed by atoms with Crippen molar-refractivity contribution >= 4 is 17.3 Å². The average Bonchev–Trinajstić information content (AvgIpc) is 2.34. The van der Waals surface area contributed by atoms with Crippen molar-refractivity contribution in [3.8, 4) is 0 Å². The third-order valence-electron chi connectivity index (χ3n) is 2.59. The first-order valence-corrected chi connectivity index (χ1v) is 6.07. The van der Waals surface area contributed by atoms with Crippen molar-refractivity contribution in [3.05, 3.63) is 33.9 Å². The summed E-state index contributed by atoms with van der Waals surface area (Å²) in [5.41, 5.74) is 0.895. The van der Waals surface area contributed by atoms with Gasteiger partial charge in [-0.05, 0) is 12.0 Å². The molecule has 0 saturated heterocycles. The topological polar surface area (TPSA) is 75.5 Å². The van der Waals surface area contributed by atoms with Gasteiger partial charge in [0.2, 0.25) is 0 Å². The van der Waals surface area contributed by atoms with Gasteiger partial charge in [-0.3, -0.25) is 14.9 Å². The van der Waals surface area contributed by atoms with E-state index in [9.17, 15) is 14.9 Å². The van der Waals surface area contributed by atoms with E-state index >= 15 is 0 Å². The molecule has 0 aliphatic heterocycles. The molecule has 0 radical (unpaired) electrons. The lowest BCUT2D eigenvalue weighted by molar-refractivity contribution is -0.384. The van der Waals surface area contributed by atoms with Gasteiger partial charge in [-0.1, -0.05) is 13.8 Å². The van der Waals surface area contributed by atoms with Crippen molar-refractivity contribution in [3.63, 3.8) is 0 Å². The van der Waals surface area contributed by atoms with Gasteiger partial charge < -0.3 is 10.2 Å². The molecule has 1 aromatic rings. The third-order valence-corrected chi connectivity index (χ3v) is 2.59. The van der Waals surface area contributed by atoms with E-state index in [1.54, 1.807) is 25.1 Å². The van der Waals surface area contributed by atoms with Gasteiger partial charge in [0.25, 0.3) is 11.6 Å². The van der Waals surface area contributed by atoms with Crippen LogP contribution in [0.3, 0.4) is 0 Å². The van der Waals surface area contributed by atoms with Crippen LogP contribution in [0.5, 0.6) is 0 Å². The first kappa shape index (κ1) is 14.9. The third kappa shape index (κ3) is 3.94. The Morgan fingerprint density at radius 3 is 2.53 bits per heavy atom. The molecule has 0 saturated carbocycles. The molecule has 0 unspecified atom stereocenters. The second-order valence-electron chi connectivity index (χ2n) is 4.96. The molecule has 1 amide bonds. The second-order valence-corrected chi connectivity index (χ2v) is 4.96. The van der Waals surface area contributed by atoms with Gasteiger partial charge in [-0.15, -0.1) is 0 Å². The highest BCUT2D eigenvalue weighted by Crippen LogP contribution is 2.24. The Morgan fingerprint density at radius 2 is 2.05 bits per heavy atom. The molecule has 0 atom stereocenters. The summed E-state index contributed by atoms with van der Waals surface area (Å²) in [6, 6.07) is 4.29. The zero-order chi connectivity index (χ0) is 14.6. The Morgan fingerprint density at radius 1 is 1.42 bits per heavy atom. The number of amides is 1. The fourth-order valence-corrected chi connectivity index (χ4v) is 1.60. The van der Waals surface area contributed by atoms with Crippen LogP contribution in [0.2, 0.25) is 0 Å². The van der Waals surface area contributed by atoms with Crippen LogP contribution in [-0.2, 0) is 0 Å². The van der Waals surface area contributed by atoms with Crippen LogP contribution in [0.4, 0.5) is 11.4 Å². The quantitative estimate of drug-likeness (QED) is 0.653. The van der Waals surface area contributed by atoms with Crippen molar-refractivity contribution in [2.45, 2.75) is 13.8 Å². The monoisotopic (exact) mass is 265 g/mol. The summed E-state index contributed by atoms with van der Waals surface area (Å²) in [4.78, 5) is 24.1. The van der Waals surface area contributed by atoms with Gasteiger partial charge in [-0.25, -0.2) is 0 Å². The summed E-state index contributed by atoms with van der Waals surface area (Å²) >= 11 is 0. The summed E-state index contributed by atoms with van der Waals surface area (Å²) in [6.45, 7) is 4.51. The van der Waals surface area contributed by atoms with Crippen LogP contribution in [-0.4, -0.2) is 31.5 Å². The fourth-order valence-electron chi connectivity index (χ4n) is 1.60. The van der Waals surface area contributed by atoms with Crippen LogP contribution in [0, 0.1) is 16.0 Å². The molecule has 104 valence electrons. The molecular formula is C13H19N3O3. The molecule has 6 heteroatoms. The molecule has 1 aromatic carbocycles. The van der Waals surface area contributed by atoms with Crippen molar-refractivity contribution in [2.75, 3.05) is 25.5 Å². The number of hydrogen-bond acceptors (Lipinski definition) is 4. The number of nitro groups is 1.